The van der Waals surface area contributed by atoms with Gasteiger partial charge in [-0.1, -0.05) is 12.1 Å². The van der Waals surface area contributed by atoms with Gasteiger partial charge >= 0.3 is 6.18 Å². The van der Waals surface area contributed by atoms with Gasteiger partial charge in [-0.15, -0.1) is 0 Å². The fourth-order valence-electron chi connectivity index (χ4n) is 2.26. The first-order chi connectivity index (χ1) is 8.88. The quantitative estimate of drug-likeness (QED) is 0.818. The molecule has 0 unspecified atom stereocenters. The van der Waals surface area contributed by atoms with E-state index < -0.39 is 11.7 Å². The van der Waals surface area contributed by atoms with Crippen LogP contribution in [0.5, 0.6) is 0 Å². The van der Waals surface area contributed by atoms with Crippen molar-refractivity contribution in [2.75, 3.05) is 19.7 Å². The van der Waals surface area contributed by atoms with Gasteiger partial charge in [0.15, 0.2) is 0 Å². The molecule has 0 N–H and O–H groups in total. The van der Waals surface area contributed by atoms with Crippen LogP contribution in [0, 0.1) is 0 Å². The van der Waals surface area contributed by atoms with Gasteiger partial charge in [0.2, 0.25) is 0 Å². The fourth-order valence-corrected chi connectivity index (χ4v) is 2.26. The number of hydrogen-bond acceptors (Lipinski definition) is 2. The molecule has 0 aromatic heterocycles. The minimum Gasteiger partial charge on any atom is -0.371 e. The van der Waals surface area contributed by atoms with Gasteiger partial charge < -0.3 is 4.74 Å². The standard InChI is InChI=1S/C14H18F3NO/c1-10(2)18-6-7-19-13(9-18)11-4-3-5-12(8-11)14(15,16)17/h3-5,8,10,13H,6-7,9H2,1-2H3/t13-/m0/s1. The minimum absolute atomic E-state index is 0.279. The molecule has 1 atom stereocenters. The molecular formula is C14H18F3NO. The van der Waals surface area contributed by atoms with Crippen LogP contribution in [-0.2, 0) is 10.9 Å². The lowest BCUT2D eigenvalue weighted by atomic mass is 10.0. The average molecular weight is 273 g/mol. The summed E-state index contributed by atoms with van der Waals surface area (Å²) in [6.07, 6.45) is -4.58. The van der Waals surface area contributed by atoms with Crippen LogP contribution in [-0.4, -0.2) is 30.6 Å². The third-order valence-corrected chi connectivity index (χ3v) is 3.41. The first-order valence-corrected chi connectivity index (χ1v) is 6.40. The SMILES string of the molecule is CC(C)N1CCO[C@H](c2cccc(C(F)(F)F)c2)C1. The fraction of sp³-hybridized carbons (Fsp3) is 0.571. The van der Waals surface area contributed by atoms with Crippen molar-refractivity contribution >= 4 is 0 Å². The van der Waals surface area contributed by atoms with Crippen molar-refractivity contribution in [3.63, 3.8) is 0 Å². The number of halogens is 3. The third-order valence-electron chi connectivity index (χ3n) is 3.41. The van der Waals surface area contributed by atoms with E-state index in [1.54, 1.807) is 6.07 Å². The van der Waals surface area contributed by atoms with E-state index >= 15 is 0 Å². The van der Waals surface area contributed by atoms with E-state index in [1.807, 2.05) is 0 Å². The summed E-state index contributed by atoms with van der Waals surface area (Å²) in [4.78, 5) is 2.22. The smallest absolute Gasteiger partial charge is 0.371 e. The summed E-state index contributed by atoms with van der Waals surface area (Å²) < 4.78 is 43.7. The third kappa shape index (κ3) is 3.48. The Morgan fingerprint density at radius 3 is 2.68 bits per heavy atom. The first kappa shape index (κ1) is 14.3. The van der Waals surface area contributed by atoms with Crippen LogP contribution in [0.1, 0.15) is 31.1 Å². The van der Waals surface area contributed by atoms with E-state index in [0.29, 0.717) is 24.8 Å². The van der Waals surface area contributed by atoms with Gasteiger partial charge in [0, 0.05) is 19.1 Å². The molecular weight excluding hydrogens is 255 g/mol. The molecule has 1 saturated heterocycles. The Bertz CT molecular complexity index is 431. The largest absolute Gasteiger partial charge is 0.416 e. The van der Waals surface area contributed by atoms with E-state index in [1.165, 1.54) is 12.1 Å². The molecule has 1 aliphatic heterocycles. The van der Waals surface area contributed by atoms with E-state index in [4.69, 9.17) is 4.74 Å². The van der Waals surface area contributed by atoms with Crippen molar-refractivity contribution in [1.29, 1.82) is 0 Å². The molecule has 1 aromatic rings. The highest BCUT2D eigenvalue weighted by atomic mass is 19.4. The average Bonchev–Trinajstić information content (AvgIpc) is 2.38. The molecule has 0 aliphatic carbocycles. The van der Waals surface area contributed by atoms with Crippen molar-refractivity contribution in [3.05, 3.63) is 35.4 Å². The molecule has 1 aliphatic rings. The highest BCUT2D eigenvalue weighted by molar-refractivity contribution is 5.27. The predicted molar refractivity (Wildman–Crippen MR) is 66.8 cm³/mol. The lowest BCUT2D eigenvalue weighted by molar-refractivity contribution is -0.137. The molecule has 1 heterocycles. The van der Waals surface area contributed by atoms with Crippen LogP contribution >= 0.6 is 0 Å². The molecule has 2 nitrogen and oxygen atoms in total. The second-order valence-electron chi connectivity index (χ2n) is 5.07. The summed E-state index contributed by atoms with van der Waals surface area (Å²) in [5.41, 5.74) is -0.0181. The minimum atomic E-state index is -4.30. The second-order valence-corrected chi connectivity index (χ2v) is 5.07. The van der Waals surface area contributed by atoms with Crippen LogP contribution in [0.2, 0.25) is 0 Å². The number of nitrogens with zero attached hydrogens (tertiary/aromatic N) is 1. The topological polar surface area (TPSA) is 12.5 Å². The summed E-state index contributed by atoms with van der Waals surface area (Å²) in [7, 11) is 0. The Balaban J connectivity index is 2.17. The number of rotatable bonds is 2. The van der Waals surface area contributed by atoms with Crippen molar-refractivity contribution in [3.8, 4) is 0 Å². The van der Waals surface area contributed by atoms with Gasteiger partial charge in [0.1, 0.15) is 0 Å². The van der Waals surface area contributed by atoms with Crippen LogP contribution in [0.4, 0.5) is 13.2 Å². The molecule has 0 bridgehead atoms. The maximum atomic E-state index is 12.7. The lowest BCUT2D eigenvalue weighted by Crippen LogP contribution is -2.42. The molecule has 0 saturated carbocycles. The van der Waals surface area contributed by atoms with Gasteiger partial charge in [-0.05, 0) is 31.5 Å². The number of ether oxygens (including phenoxy) is 1. The molecule has 106 valence electrons. The molecule has 0 radical (unpaired) electrons. The van der Waals surface area contributed by atoms with Crippen molar-refractivity contribution in [2.24, 2.45) is 0 Å². The zero-order chi connectivity index (χ0) is 14.0. The second kappa shape index (κ2) is 5.51. The molecule has 0 spiro atoms. The van der Waals surface area contributed by atoms with Gasteiger partial charge in [0.25, 0.3) is 0 Å². The lowest BCUT2D eigenvalue weighted by Gasteiger charge is -2.35. The highest BCUT2D eigenvalue weighted by Crippen LogP contribution is 2.32. The van der Waals surface area contributed by atoms with Crippen molar-refractivity contribution in [1.82, 2.24) is 4.90 Å². The van der Waals surface area contributed by atoms with E-state index in [2.05, 4.69) is 18.7 Å². The zero-order valence-electron chi connectivity index (χ0n) is 11.1. The number of hydrogen-bond donors (Lipinski definition) is 0. The molecule has 0 amide bonds. The Labute approximate surface area is 111 Å². The number of alkyl halides is 3. The summed E-state index contributed by atoms with van der Waals surface area (Å²) in [6, 6.07) is 5.79. The molecule has 19 heavy (non-hydrogen) atoms. The summed E-state index contributed by atoms with van der Waals surface area (Å²) in [5, 5.41) is 0. The Hall–Kier alpha value is -1.07. The number of morpholine rings is 1. The van der Waals surface area contributed by atoms with Crippen molar-refractivity contribution in [2.45, 2.75) is 32.2 Å². The van der Waals surface area contributed by atoms with E-state index in [-0.39, 0.29) is 6.10 Å². The van der Waals surface area contributed by atoms with Crippen LogP contribution < -0.4 is 0 Å². The molecule has 1 fully saturated rings. The molecule has 5 heteroatoms. The highest BCUT2D eigenvalue weighted by Gasteiger charge is 2.32. The zero-order valence-corrected chi connectivity index (χ0v) is 11.1. The summed E-state index contributed by atoms with van der Waals surface area (Å²) in [5.74, 6) is 0. The maximum Gasteiger partial charge on any atom is 0.416 e. The van der Waals surface area contributed by atoms with E-state index in [0.717, 1.165) is 12.6 Å². The van der Waals surface area contributed by atoms with Gasteiger partial charge in [-0.3, -0.25) is 4.90 Å². The predicted octanol–water partition coefficient (Wildman–Crippen LogP) is 3.49. The van der Waals surface area contributed by atoms with Crippen LogP contribution in [0.15, 0.2) is 24.3 Å². The first-order valence-electron chi connectivity index (χ1n) is 6.40. The summed E-state index contributed by atoms with van der Waals surface area (Å²) in [6.45, 7) is 6.17. The summed E-state index contributed by atoms with van der Waals surface area (Å²) >= 11 is 0. The van der Waals surface area contributed by atoms with Crippen molar-refractivity contribution < 1.29 is 17.9 Å². The van der Waals surface area contributed by atoms with Crippen LogP contribution in [0.3, 0.4) is 0 Å². The Morgan fingerprint density at radius 1 is 1.32 bits per heavy atom. The molecule has 2 rings (SSSR count). The monoisotopic (exact) mass is 273 g/mol. The molecule has 1 aromatic carbocycles. The van der Waals surface area contributed by atoms with Gasteiger partial charge in [0.05, 0.1) is 18.3 Å². The van der Waals surface area contributed by atoms with Gasteiger partial charge in [-0.2, -0.15) is 13.2 Å². The van der Waals surface area contributed by atoms with Crippen LogP contribution in [0.25, 0.3) is 0 Å². The normalized spacial score (nSPS) is 21.9. The van der Waals surface area contributed by atoms with E-state index in [9.17, 15) is 13.2 Å². The maximum absolute atomic E-state index is 12.7. The number of benzene rings is 1. The Morgan fingerprint density at radius 2 is 2.05 bits per heavy atom. The van der Waals surface area contributed by atoms with Gasteiger partial charge in [-0.25, -0.2) is 0 Å². The Kier molecular flexibility index (Phi) is 4.16.